The van der Waals surface area contributed by atoms with Crippen LogP contribution in [0.3, 0.4) is 0 Å². The van der Waals surface area contributed by atoms with E-state index in [1.54, 1.807) is 51.7 Å². The maximum atomic E-state index is 14.4. The number of thioether (sulfide) groups is 1. The number of halogens is 1. The number of amides is 1. The third-order valence-electron chi connectivity index (χ3n) is 14.9. The number of ketones is 1. The van der Waals surface area contributed by atoms with Gasteiger partial charge >= 0.3 is 6.09 Å². The molecule has 0 aromatic heterocycles. The molecule has 28 heteroatoms. The van der Waals surface area contributed by atoms with Gasteiger partial charge in [-0.15, -0.1) is 0 Å². The van der Waals surface area contributed by atoms with Gasteiger partial charge in [-0.1, -0.05) is 77.0 Å². The molecule has 0 radical (unpaired) electrons. The molecule has 1 aromatic rings. The van der Waals surface area contributed by atoms with E-state index in [0.717, 1.165) is 24.6 Å². The van der Waals surface area contributed by atoms with Gasteiger partial charge in [0.25, 0.3) is 0 Å². The molecule has 1 amide bonds. The molecular formula is C56H76IN3O21S3. The molecule has 4 saturated heterocycles. The van der Waals surface area contributed by atoms with Gasteiger partial charge in [0.05, 0.1) is 97.0 Å². The molecule has 84 heavy (non-hydrogen) atoms. The molecular weight excluding hydrogens is 1270 g/mol. The van der Waals surface area contributed by atoms with Crippen LogP contribution in [-0.4, -0.2) is 218 Å². The summed E-state index contributed by atoms with van der Waals surface area (Å²) in [6.07, 6.45) is -13.7. The van der Waals surface area contributed by atoms with Gasteiger partial charge in [-0.05, 0) is 74.5 Å². The third-order valence-corrected chi connectivity index (χ3v) is 19.9. The predicted molar refractivity (Wildman–Crippen MR) is 317 cm³/mol. The van der Waals surface area contributed by atoms with E-state index in [4.69, 9.17) is 61.7 Å². The van der Waals surface area contributed by atoms with Crippen LogP contribution in [0.25, 0.3) is 0 Å². The van der Waals surface area contributed by atoms with Crippen molar-refractivity contribution in [1.82, 2.24) is 16.1 Å². The lowest BCUT2D eigenvalue weighted by atomic mass is 9.75. The number of carbonyl (C=O) groups excluding carboxylic acids is 3. The number of hydroxylamine groups is 1. The number of likely N-dealkylation sites (N-methyl/N-ethyl adjacent to an activating group) is 1. The zero-order valence-corrected chi connectivity index (χ0v) is 53.1. The molecule has 4 heterocycles. The van der Waals surface area contributed by atoms with E-state index in [0.29, 0.717) is 21.4 Å². The summed E-state index contributed by atoms with van der Waals surface area (Å²) in [4.78, 5) is 47.6. The molecule has 7 rings (SSSR count). The molecule has 8 N–H and O–H groups in total. The quantitative estimate of drug-likeness (QED) is 0.0272. The minimum absolute atomic E-state index is 0.00869. The second kappa shape index (κ2) is 31.2. The smallest absolute Gasteiger partial charge is 0.411 e. The van der Waals surface area contributed by atoms with Crippen LogP contribution in [-0.2, 0) is 52.3 Å². The van der Waals surface area contributed by atoms with Gasteiger partial charge in [-0.25, -0.2) is 4.79 Å². The first-order valence-electron chi connectivity index (χ1n) is 27.3. The molecule has 1 aromatic carbocycles. The van der Waals surface area contributed by atoms with Crippen molar-refractivity contribution in [2.45, 2.75) is 176 Å². The lowest BCUT2D eigenvalue weighted by Gasteiger charge is -2.46. The van der Waals surface area contributed by atoms with Crippen molar-refractivity contribution in [3.05, 3.63) is 49.8 Å². The molecule has 2 bridgehead atoms. The highest BCUT2D eigenvalue weighted by Crippen LogP contribution is 2.49. The number of benzene rings is 1. The fourth-order valence-corrected chi connectivity index (χ4v) is 13.8. The maximum absolute atomic E-state index is 14.4. The number of fused-ring (bicyclic) bond motifs is 2. The number of hydrogen-bond donors (Lipinski definition) is 8. The molecule has 19 atom stereocenters. The van der Waals surface area contributed by atoms with Crippen molar-refractivity contribution >= 4 is 72.9 Å². The summed E-state index contributed by atoms with van der Waals surface area (Å²) in [7, 11) is 9.86. The van der Waals surface area contributed by atoms with E-state index < -0.39 is 127 Å². The molecule has 0 spiro atoms. The van der Waals surface area contributed by atoms with E-state index >= 15 is 0 Å². The summed E-state index contributed by atoms with van der Waals surface area (Å²) in [5.41, 5.74) is 1.33. The van der Waals surface area contributed by atoms with Crippen LogP contribution in [0, 0.1) is 34.2 Å². The summed E-state index contributed by atoms with van der Waals surface area (Å²) < 4.78 is 72.5. The molecule has 4 fully saturated rings. The highest BCUT2D eigenvalue weighted by atomic mass is 127. The Morgan fingerprint density at radius 3 is 2.25 bits per heavy atom. The predicted octanol–water partition coefficient (Wildman–Crippen LogP) is 2.94. The van der Waals surface area contributed by atoms with Crippen molar-refractivity contribution in [2.75, 3.05) is 60.2 Å². The molecule has 24 nitrogen and oxygen atoms in total. The van der Waals surface area contributed by atoms with Crippen LogP contribution in [0.1, 0.15) is 69.8 Å². The Morgan fingerprint density at radius 2 is 1.58 bits per heavy atom. The molecule has 0 saturated carbocycles. The molecule has 0 unspecified atom stereocenters. The highest BCUT2D eigenvalue weighted by Gasteiger charge is 2.52. The van der Waals surface area contributed by atoms with Crippen molar-refractivity contribution in [2.24, 2.45) is 0 Å². The fourth-order valence-electron chi connectivity index (χ4n) is 10.6. The van der Waals surface area contributed by atoms with E-state index in [9.17, 15) is 39.9 Å². The Labute approximate surface area is 514 Å². The normalized spacial score (nSPS) is 35.9. The van der Waals surface area contributed by atoms with E-state index in [1.807, 2.05) is 36.4 Å². The number of aliphatic hydroxyl groups excluding tert-OH is 4. The van der Waals surface area contributed by atoms with E-state index in [-0.39, 0.29) is 71.2 Å². The van der Waals surface area contributed by atoms with Gasteiger partial charge in [0.15, 0.2) is 41.8 Å². The number of nitrogens with one attached hydrogen (secondary N) is 3. The highest BCUT2D eigenvalue weighted by molar-refractivity contribution is 14.1. The lowest BCUT2D eigenvalue weighted by molar-refractivity contribution is -0.336. The van der Waals surface area contributed by atoms with Crippen LogP contribution in [0.5, 0.6) is 17.2 Å². The Kier molecular flexibility index (Phi) is 25.4. The molecule has 4 aliphatic heterocycles. The zero-order chi connectivity index (χ0) is 61.2. The Bertz CT molecular complexity index is 2710. The monoisotopic (exact) mass is 1350 g/mol. The van der Waals surface area contributed by atoms with E-state index in [1.165, 1.54) is 44.3 Å². The summed E-state index contributed by atoms with van der Waals surface area (Å²) in [5.74, 6) is 12.1. The van der Waals surface area contributed by atoms with Gasteiger partial charge in [0, 0.05) is 49.7 Å². The van der Waals surface area contributed by atoms with Crippen molar-refractivity contribution in [3.8, 4) is 40.9 Å². The number of methoxy groups -OCH3 is 5. The van der Waals surface area contributed by atoms with Crippen molar-refractivity contribution < 1.29 is 102 Å². The largest absolute Gasteiger partial charge is 0.492 e. The SMILES string of the molecule is CCN[C@H]1CO[C@@H](O[C@H]2[C@H](O[C@H]3C#C/C=C\C#C[C@]4(O)CC(=O)C(NC(=O)OC)=C3/C4=C\CSSCC)O[C@H](C)[C@@H](NO[C@H]3C[C@H](O)[C@H](SC(=O)c4c(C)c(I)c(O[C@@H]5O[C@@H](C)[C@H](O)[C@@H](OC)[C@H]5O)c(OC)c4OC)[C@@H](C)O3)[C@@H]2O)C[C@@H]1OC. The summed E-state index contributed by atoms with van der Waals surface area (Å²) in [6, 6.07) is -1.26. The molecule has 6 aliphatic rings. The number of rotatable bonds is 22. The van der Waals surface area contributed by atoms with Gasteiger partial charge in [0.2, 0.25) is 17.2 Å². The number of carbonyl (C=O) groups is 3. The standard InChI is InChI=1S/C56H76IN3O21S3/c1-12-58-31-25-74-36(23-35(31)69-7)79-49-44(64)41(27(4)76-54(49)78-34-18-16-14-15-17-20-56(68)24-33(62)42(59-55(67)73-11)39(34)30(56)19-21-83-82-13-2)60-81-37-22-32(61)51(29(6)75-37)84-52(66)38-26(3)40(57)47(50(72-10)46(38)70-8)80-53-45(65)48(71-9)43(63)28(5)77-53/h14-15,19,27-29,31-32,34-37,41,43-45,48-49,51,53-54,58,60-61,63-65,68H,12-13,21-25H2,1-11H3,(H,59,67)/b15-14-,30-19+/t27-,28+,29-,31+,32+,34+,35+,36+,37+,41-,43+,44+,45-,48-,49-,51-,53+,54+,56+/m1/s1. The zero-order valence-electron chi connectivity index (χ0n) is 48.4. The van der Waals surface area contributed by atoms with Gasteiger partial charge < -0.3 is 87.7 Å². The number of hydrogen-bond acceptors (Lipinski definition) is 26. The minimum atomic E-state index is -2.05. The minimum Gasteiger partial charge on any atom is -0.492 e. The van der Waals surface area contributed by atoms with Gasteiger partial charge in [-0.2, -0.15) is 5.48 Å². The van der Waals surface area contributed by atoms with Crippen LogP contribution in [0.2, 0.25) is 0 Å². The van der Waals surface area contributed by atoms with Crippen LogP contribution in [0.4, 0.5) is 4.79 Å². The average molecular weight is 1350 g/mol. The number of ether oxygens (including phenoxy) is 12. The maximum Gasteiger partial charge on any atom is 0.411 e. The fraction of sp³-hybridized carbons (Fsp3) is 0.661. The van der Waals surface area contributed by atoms with Crippen LogP contribution in [0.15, 0.2) is 35.1 Å². The summed E-state index contributed by atoms with van der Waals surface area (Å²) in [5, 5.41) is 62.7. The summed E-state index contributed by atoms with van der Waals surface area (Å²) in [6.45, 7) is 11.4. The third kappa shape index (κ3) is 15.6. The number of aliphatic hydroxyl groups is 5. The molecule has 2 aliphatic carbocycles. The van der Waals surface area contributed by atoms with Crippen LogP contribution < -0.4 is 30.3 Å². The Morgan fingerprint density at radius 1 is 0.857 bits per heavy atom. The van der Waals surface area contributed by atoms with Gasteiger partial charge in [-0.3, -0.25) is 19.7 Å². The van der Waals surface area contributed by atoms with Crippen molar-refractivity contribution in [3.63, 3.8) is 0 Å². The average Bonchev–Trinajstić information content (AvgIpc) is 1.36. The first kappa shape index (κ1) is 68.2. The van der Waals surface area contributed by atoms with Crippen LogP contribution >= 0.6 is 55.9 Å². The topological polar surface area (TPSA) is 308 Å². The van der Waals surface area contributed by atoms with Crippen molar-refractivity contribution in [1.29, 1.82) is 0 Å². The number of allylic oxidation sites excluding steroid dienone is 3. The van der Waals surface area contributed by atoms with Gasteiger partial charge in [0.1, 0.15) is 36.6 Å². The Hall–Kier alpha value is -3.29. The second-order valence-corrected chi connectivity index (χ2v) is 25.3. The number of Topliss-reactive ketones (excluding diaryl/α,β-unsaturated/α-hetero) is 1. The number of alkyl carbamates (subject to hydrolysis) is 1. The first-order valence-corrected chi connectivity index (χ1v) is 31.8. The second-order valence-electron chi connectivity index (χ2n) is 20.2. The van der Waals surface area contributed by atoms with E-state index in [2.05, 4.69) is 39.8 Å². The first-order chi connectivity index (χ1) is 40.2. The lowest BCUT2D eigenvalue weighted by Crippen LogP contribution is -2.65. The Balaban J connectivity index is 1.12. The molecule has 466 valence electrons. The summed E-state index contributed by atoms with van der Waals surface area (Å²) >= 11 is 2.83.